The Morgan fingerprint density at radius 2 is 1.50 bits per heavy atom. The molecule has 1 fully saturated rings. The van der Waals surface area contributed by atoms with Crippen molar-refractivity contribution in [1.29, 1.82) is 0 Å². The van der Waals surface area contributed by atoms with Gasteiger partial charge in [0.25, 0.3) is 12.1 Å². The zero-order chi connectivity index (χ0) is 10.9. The summed E-state index contributed by atoms with van der Waals surface area (Å²) in [6.07, 6.45) is 0. The Balaban J connectivity index is 2.80. The molecular formula is C4H6N3O6S-. The molecule has 0 radical (unpaired) electrons. The van der Waals surface area contributed by atoms with E-state index < -0.39 is 46.3 Å². The van der Waals surface area contributed by atoms with E-state index in [1.54, 1.807) is 0 Å². The van der Waals surface area contributed by atoms with E-state index in [9.17, 15) is 29.0 Å². The van der Waals surface area contributed by atoms with E-state index in [1.165, 1.54) is 0 Å². The maximum atomic E-state index is 10.4. The lowest BCUT2D eigenvalue weighted by molar-refractivity contribution is -0.606. The van der Waals surface area contributed by atoms with Crippen LogP contribution in [-0.4, -0.2) is 48.1 Å². The molecule has 14 heavy (non-hydrogen) atoms. The molecule has 1 saturated heterocycles. The highest BCUT2D eigenvalue weighted by atomic mass is 32.2. The quantitative estimate of drug-likeness (QED) is 0.322. The Morgan fingerprint density at radius 1 is 1.14 bits per heavy atom. The van der Waals surface area contributed by atoms with Gasteiger partial charge in [-0.05, 0) is 0 Å². The van der Waals surface area contributed by atoms with Gasteiger partial charge in [-0.15, -0.1) is 0 Å². The number of hydrogen-bond donors (Lipinski definition) is 0. The van der Waals surface area contributed by atoms with Gasteiger partial charge in [-0.3, -0.25) is 24.4 Å². The summed E-state index contributed by atoms with van der Waals surface area (Å²) in [5.74, 6) is 0. The van der Waals surface area contributed by atoms with Gasteiger partial charge in [0.2, 0.25) is 0 Å². The lowest BCUT2D eigenvalue weighted by atomic mass is 10.2. The van der Waals surface area contributed by atoms with Gasteiger partial charge in [0, 0.05) is 21.1 Å². The summed E-state index contributed by atoms with van der Waals surface area (Å²) in [5, 5.41) is 20.7. The minimum atomic E-state index is -2.64. The fraction of sp³-hybridized carbons (Fsp3) is 1.00. The van der Waals surface area contributed by atoms with Gasteiger partial charge < -0.3 is 4.55 Å². The molecule has 1 aliphatic rings. The molecule has 0 aromatic heterocycles. The zero-order valence-electron chi connectivity index (χ0n) is 6.77. The molecule has 10 heteroatoms. The zero-order valence-corrected chi connectivity index (χ0v) is 7.58. The molecule has 80 valence electrons. The van der Waals surface area contributed by atoms with Crippen molar-refractivity contribution in [3.8, 4) is 0 Å². The Labute approximate surface area is 80.4 Å². The van der Waals surface area contributed by atoms with Gasteiger partial charge in [0.15, 0.2) is 0 Å². The van der Waals surface area contributed by atoms with Gasteiger partial charge >= 0.3 is 0 Å². The molecule has 0 bridgehead atoms. The first-order chi connectivity index (χ1) is 6.43. The van der Waals surface area contributed by atoms with Crippen LogP contribution in [-0.2, 0) is 11.3 Å². The van der Waals surface area contributed by atoms with Crippen LogP contribution < -0.4 is 0 Å². The number of rotatable bonds is 3. The fourth-order valence-corrected chi connectivity index (χ4v) is 1.82. The average molecular weight is 224 g/mol. The maximum absolute atomic E-state index is 10.4. The molecule has 0 aliphatic carbocycles. The highest BCUT2D eigenvalue weighted by Crippen LogP contribution is 2.16. The molecule has 3 atom stereocenters. The normalized spacial score (nSPS) is 30.1. The number of nitro groups is 2. The Bertz CT molecular complexity index is 273. The van der Waals surface area contributed by atoms with Crippen LogP contribution in [0.25, 0.3) is 0 Å². The number of hydrogen-bond acceptors (Lipinski definition) is 6. The third kappa shape index (κ3) is 2.02. The Hall–Kier alpha value is -1.13. The highest BCUT2D eigenvalue weighted by molar-refractivity contribution is 7.76. The van der Waals surface area contributed by atoms with Crippen molar-refractivity contribution in [2.24, 2.45) is 0 Å². The Morgan fingerprint density at radius 3 is 1.71 bits per heavy atom. The van der Waals surface area contributed by atoms with Gasteiger partial charge in [0.05, 0.1) is 13.1 Å². The van der Waals surface area contributed by atoms with Crippen molar-refractivity contribution in [3.63, 3.8) is 0 Å². The number of nitrogens with zero attached hydrogens (tertiary/aromatic N) is 3. The van der Waals surface area contributed by atoms with Crippen LogP contribution in [0.1, 0.15) is 0 Å². The van der Waals surface area contributed by atoms with Crippen LogP contribution in [0.4, 0.5) is 0 Å². The molecule has 0 aromatic rings. The summed E-state index contributed by atoms with van der Waals surface area (Å²) in [5.41, 5.74) is 0. The molecule has 0 spiro atoms. The molecule has 0 N–H and O–H groups in total. The molecule has 0 amide bonds. The van der Waals surface area contributed by atoms with E-state index in [0.717, 1.165) is 0 Å². The molecule has 9 nitrogen and oxygen atoms in total. The van der Waals surface area contributed by atoms with E-state index in [4.69, 9.17) is 0 Å². The van der Waals surface area contributed by atoms with E-state index in [2.05, 4.69) is 0 Å². The molecule has 1 aliphatic heterocycles. The van der Waals surface area contributed by atoms with Crippen molar-refractivity contribution in [3.05, 3.63) is 20.2 Å². The summed E-state index contributed by atoms with van der Waals surface area (Å²) in [6.45, 7) is -0.872. The first-order valence-corrected chi connectivity index (χ1v) is 4.58. The van der Waals surface area contributed by atoms with Crippen molar-refractivity contribution < 1.29 is 18.6 Å². The van der Waals surface area contributed by atoms with Crippen molar-refractivity contribution in [2.45, 2.75) is 12.1 Å². The summed E-state index contributed by atoms with van der Waals surface area (Å²) in [7, 11) is 0. The molecule has 0 saturated carbocycles. The summed E-state index contributed by atoms with van der Waals surface area (Å²) in [6, 6.07) is -2.91. The third-order valence-electron chi connectivity index (χ3n) is 1.98. The van der Waals surface area contributed by atoms with Gasteiger partial charge in [-0.2, -0.15) is 0 Å². The lowest BCUT2D eigenvalue weighted by Gasteiger charge is -2.14. The lowest BCUT2D eigenvalue weighted by Crippen LogP contribution is -2.37. The minimum Gasteiger partial charge on any atom is -0.760 e. The Kier molecular flexibility index (Phi) is 3.08. The van der Waals surface area contributed by atoms with Crippen LogP contribution >= 0.6 is 0 Å². The van der Waals surface area contributed by atoms with Gasteiger partial charge in [-0.25, -0.2) is 4.31 Å². The highest BCUT2D eigenvalue weighted by Gasteiger charge is 2.49. The van der Waals surface area contributed by atoms with Crippen molar-refractivity contribution in [2.75, 3.05) is 13.1 Å². The third-order valence-corrected chi connectivity index (χ3v) is 2.70. The molecule has 1 rings (SSSR count). The SMILES string of the molecule is O=[N+]([O-])C1CN(S(=O)[O-])CC1[N+](=O)[O-]. The first-order valence-electron chi connectivity index (χ1n) is 3.54. The largest absolute Gasteiger partial charge is 0.760 e. The molecule has 1 heterocycles. The summed E-state index contributed by atoms with van der Waals surface area (Å²) in [4.78, 5) is 19.1. The van der Waals surface area contributed by atoms with Crippen LogP contribution in [0.3, 0.4) is 0 Å². The van der Waals surface area contributed by atoms with E-state index >= 15 is 0 Å². The summed E-state index contributed by atoms with van der Waals surface area (Å²) >= 11 is -2.64. The van der Waals surface area contributed by atoms with Crippen LogP contribution in [0.15, 0.2) is 0 Å². The monoisotopic (exact) mass is 224 g/mol. The minimum absolute atomic E-state index is 0.436. The van der Waals surface area contributed by atoms with Crippen LogP contribution in [0.2, 0.25) is 0 Å². The van der Waals surface area contributed by atoms with Gasteiger partial charge in [0.1, 0.15) is 0 Å². The van der Waals surface area contributed by atoms with Crippen molar-refractivity contribution in [1.82, 2.24) is 4.31 Å². The fourth-order valence-electron chi connectivity index (χ4n) is 1.27. The predicted octanol–water partition coefficient (Wildman–Crippen LogP) is -1.61. The molecule has 3 unspecified atom stereocenters. The summed E-state index contributed by atoms with van der Waals surface area (Å²) < 4.78 is 21.5. The second-order valence-electron chi connectivity index (χ2n) is 2.77. The first kappa shape index (κ1) is 10.9. The van der Waals surface area contributed by atoms with E-state index in [-0.39, 0.29) is 0 Å². The topological polar surface area (TPSA) is 130 Å². The van der Waals surface area contributed by atoms with E-state index in [0.29, 0.717) is 4.31 Å². The maximum Gasteiger partial charge on any atom is 0.293 e. The van der Waals surface area contributed by atoms with E-state index in [1.807, 2.05) is 0 Å². The smallest absolute Gasteiger partial charge is 0.293 e. The predicted molar refractivity (Wildman–Crippen MR) is 42.1 cm³/mol. The van der Waals surface area contributed by atoms with Gasteiger partial charge in [-0.1, -0.05) is 0 Å². The second kappa shape index (κ2) is 3.94. The molecule has 0 aromatic carbocycles. The molecular weight excluding hydrogens is 218 g/mol. The van der Waals surface area contributed by atoms with Crippen LogP contribution in [0.5, 0.6) is 0 Å². The van der Waals surface area contributed by atoms with Crippen molar-refractivity contribution >= 4 is 11.3 Å². The average Bonchev–Trinajstić information content (AvgIpc) is 2.47. The van der Waals surface area contributed by atoms with Crippen LogP contribution in [0, 0.1) is 20.2 Å². The second-order valence-corrected chi connectivity index (χ2v) is 3.72. The standard InChI is InChI=1S/C4H7N3O6S/c8-6(9)3-1-5(14(12)13)2-4(3)7(10)11/h3-4H,1-2H2,(H,12,13)/p-1.